The maximum atomic E-state index is 12.4. The van der Waals surface area contributed by atoms with Crippen LogP contribution in [0, 0.1) is 0 Å². The van der Waals surface area contributed by atoms with Crippen molar-refractivity contribution < 1.29 is 26.3 Å². The molecule has 1 unspecified atom stereocenters. The zero-order valence-electron chi connectivity index (χ0n) is 6.54. The molecule has 0 amide bonds. The van der Waals surface area contributed by atoms with E-state index in [-0.39, 0.29) is 0 Å². The largest absolute Gasteiger partial charge is 0.419 e. The van der Waals surface area contributed by atoms with E-state index in [1.807, 2.05) is 0 Å². The Morgan fingerprint density at radius 1 is 1.15 bits per heavy atom. The van der Waals surface area contributed by atoms with Crippen molar-refractivity contribution in [2.75, 3.05) is 0 Å². The first kappa shape index (κ1) is 12.3. The van der Waals surface area contributed by atoms with Gasteiger partial charge in [0.2, 0.25) is 6.17 Å². The predicted octanol–water partition coefficient (Wildman–Crippen LogP) is 3.49. The molecule has 0 radical (unpaired) electrons. The maximum absolute atomic E-state index is 12.4. The zero-order chi connectivity index (χ0) is 10.7. The van der Waals surface area contributed by atoms with E-state index in [2.05, 4.69) is 6.58 Å². The second-order valence-corrected chi connectivity index (χ2v) is 2.56. The first-order chi connectivity index (χ1) is 5.69. The van der Waals surface area contributed by atoms with E-state index in [1.165, 1.54) is 0 Å². The minimum Gasteiger partial charge on any atom is -0.237 e. The fourth-order valence-electron chi connectivity index (χ4n) is 0.672. The summed E-state index contributed by atoms with van der Waals surface area (Å²) in [5, 5.41) is 0. The molecule has 0 bridgehead atoms. The summed E-state index contributed by atoms with van der Waals surface area (Å²) in [6.45, 7) is 2.93. The lowest BCUT2D eigenvalue weighted by molar-refractivity contribution is -0.198. The van der Waals surface area contributed by atoms with Crippen LogP contribution in [0.1, 0.15) is 12.8 Å². The zero-order valence-corrected chi connectivity index (χ0v) is 6.54. The summed E-state index contributed by atoms with van der Waals surface area (Å²) in [7, 11) is 0. The molecule has 0 fully saturated rings. The Hall–Kier alpha value is -0.680. The molecule has 0 aromatic carbocycles. The van der Waals surface area contributed by atoms with Crippen LogP contribution >= 0.6 is 0 Å². The van der Waals surface area contributed by atoms with Crippen LogP contribution < -0.4 is 0 Å². The quantitative estimate of drug-likeness (QED) is 0.488. The van der Waals surface area contributed by atoms with Crippen LogP contribution in [0.3, 0.4) is 0 Å². The van der Waals surface area contributed by atoms with Gasteiger partial charge in [-0.3, -0.25) is 0 Å². The van der Waals surface area contributed by atoms with Gasteiger partial charge in [-0.25, -0.2) is 13.2 Å². The minimum atomic E-state index is -5.22. The van der Waals surface area contributed by atoms with Crippen LogP contribution in [0.2, 0.25) is 0 Å². The van der Waals surface area contributed by atoms with Gasteiger partial charge in [0, 0.05) is 6.42 Å². The molecule has 13 heavy (non-hydrogen) atoms. The summed E-state index contributed by atoms with van der Waals surface area (Å²) in [5.41, 5.74) is 0. The smallest absolute Gasteiger partial charge is 0.237 e. The van der Waals surface area contributed by atoms with Crippen molar-refractivity contribution in [3.63, 3.8) is 0 Å². The Bertz CT molecular complexity index is 170. The molecule has 0 aromatic heterocycles. The van der Waals surface area contributed by atoms with Crippen LogP contribution in [0.15, 0.2) is 12.7 Å². The molecule has 0 aliphatic carbocycles. The number of allylic oxidation sites excluding steroid dienone is 1. The van der Waals surface area contributed by atoms with E-state index in [0.717, 1.165) is 6.08 Å². The van der Waals surface area contributed by atoms with E-state index in [4.69, 9.17) is 0 Å². The van der Waals surface area contributed by atoms with Crippen molar-refractivity contribution in [1.29, 1.82) is 0 Å². The molecule has 6 heteroatoms. The number of halogens is 6. The van der Waals surface area contributed by atoms with Gasteiger partial charge in [-0.2, -0.15) is 13.2 Å². The van der Waals surface area contributed by atoms with Crippen LogP contribution in [0.4, 0.5) is 26.3 Å². The van der Waals surface area contributed by atoms with E-state index >= 15 is 0 Å². The van der Waals surface area contributed by atoms with Gasteiger partial charge < -0.3 is 0 Å². The molecule has 0 aliphatic heterocycles. The highest BCUT2D eigenvalue weighted by Gasteiger charge is 2.46. The molecule has 0 spiro atoms. The standard InChI is InChI=1S/C7H8F6/c1-2-3-6(9,10)4-5(8)7(11,12)13/h2,5H,1,3-4H2. The van der Waals surface area contributed by atoms with Gasteiger partial charge in [0.1, 0.15) is 0 Å². The number of hydrogen-bond donors (Lipinski definition) is 0. The summed E-state index contributed by atoms with van der Waals surface area (Å²) in [6.07, 6.45) is -10.7. The molecule has 0 aromatic rings. The Balaban J connectivity index is 4.18. The van der Waals surface area contributed by atoms with Crippen LogP contribution in [0.5, 0.6) is 0 Å². The third-order valence-electron chi connectivity index (χ3n) is 1.28. The van der Waals surface area contributed by atoms with Crippen molar-refractivity contribution in [2.24, 2.45) is 0 Å². The van der Waals surface area contributed by atoms with E-state index < -0.39 is 31.1 Å². The molecule has 78 valence electrons. The molecule has 0 nitrogen and oxygen atoms in total. The summed E-state index contributed by atoms with van der Waals surface area (Å²) >= 11 is 0. The Labute approximate surface area is 71.2 Å². The fraction of sp³-hybridized carbons (Fsp3) is 0.714. The lowest BCUT2D eigenvalue weighted by Crippen LogP contribution is -2.31. The third-order valence-corrected chi connectivity index (χ3v) is 1.28. The summed E-state index contributed by atoms with van der Waals surface area (Å²) in [4.78, 5) is 0. The lowest BCUT2D eigenvalue weighted by atomic mass is 10.1. The van der Waals surface area contributed by atoms with Gasteiger partial charge >= 0.3 is 6.18 Å². The third kappa shape index (κ3) is 4.80. The SMILES string of the molecule is C=CCC(F)(F)CC(F)C(F)(F)F. The number of alkyl halides is 6. The monoisotopic (exact) mass is 206 g/mol. The lowest BCUT2D eigenvalue weighted by Gasteiger charge is -2.18. The fourth-order valence-corrected chi connectivity index (χ4v) is 0.672. The van der Waals surface area contributed by atoms with Crippen LogP contribution in [0.25, 0.3) is 0 Å². The highest BCUT2D eigenvalue weighted by Crippen LogP contribution is 2.33. The summed E-state index contributed by atoms with van der Waals surface area (Å²) < 4.78 is 71.3. The van der Waals surface area contributed by atoms with E-state index in [0.29, 0.717) is 0 Å². The number of rotatable bonds is 4. The molecular weight excluding hydrogens is 198 g/mol. The Morgan fingerprint density at radius 2 is 1.62 bits per heavy atom. The Kier molecular flexibility index (Phi) is 3.81. The molecule has 0 rings (SSSR count). The number of hydrogen-bond acceptors (Lipinski definition) is 0. The molecule has 0 saturated carbocycles. The first-order valence-electron chi connectivity index (χ1n) is 3.38. The summed E-state index contributed by atoms with van der Waals surface area (Å²) in [5.74, 6) is -3.68. The molecule has 0 N–H and O–H groups in total. The van der Waals surface area contributed by atoms with E-state index in [9.17, 15) is 26.3 Å². The molecule has 0 aliphatic rings. The van der Waals surface area contributed by atoms with Crippen molar-refractivity contribution in [3.05, 3.63) is 12.7 Å². The highest BCUT2D eigenvalue weighted by atomic mass is 19.4. The molecule has 0 saturated heterocycles. The normalized spacial score (nSPS) is 15.5. The van der Waals surface area contributed by atoms with Crippen LogP contribution in [-0.4, -0.2) is 18.3 Å². The predicted molar refractivity (Wildman–Crippen MR) is 35.3 cm³/mol. The topological polar surface area (TPSA) is 0 Å². The van der Waals surface area contributed by atoms with Crippen molar-refractivity contribution >= 4 is 0 Å². The summed E-state index contributed by atoms with van der Waals surface area (Å²) in [6, 6.07) is 0. The van der Waals surface area contributed by atoms with Crippen molar-refractivity contribution in [2.45, 2.75) is 31.1 Å². The molecule has 1 atom stereocenters. The van der Waals surface area contributed by atoms with Crippen molar-refractivity contribution in [1.82, 2.24) is 0 Å². The Morgan fingerprint density at radius 3 is 1.92 bits per heavy atom. The average molecular weight is 206 g/mol. The van der Waals surface area contributed by atoms with Gasteiger partial charge in [-0.1, -0.05) is 6.08 Å². The van der Waals surface area contributed by atoms with Gasteiger partial charge in [-0.15, -0.1) is 6.58 Å². The van der Waals surface area contributed by atoms with Gasteiger partial charge in [0.05, 0.1) is 6.42 Å². The second-order valence-electron chi connectivity index (χ2n) is 2.56. The minimum absolute atomic E-state index is 0.753. The molecule has 0 heterocycles. The first-order valence-corrected chi connectivity index (χ1v) is 3.38. The second kappa shape index (κ2) is 4.02. The van der Waals surface area contributed by atoms with E-state index in [1.54, 1.807) is 0 Å². The van der Waals surface area contributed by atoms with Crippen LogP contribution in [-0.2, 0) is 0 Å². The highest BCUT2D eigenvalue weighted by molar-refractivity contribution is 4.83. The van der Waals surface area contributed by atoms with Gasteiger partial charge in [-0.05, 0) is 0 Å². The van der Waals surface area contributed by atoms with Gasteiger partial charge in [0.25, 0.3) is 5.92 Å². The maximum Gasteiger partial charge on any atom is 0.419 e. The van der Waals surface area contributed by atoms with Crippen molar-refractivity contribution in [3.8, 4) is 0 Å². The average Bonchev–Trinajstić information content (AvgIpc) is 1.83. The molecular formula is C7H8F6. The van der Waals surface area contributed by atoms with Gasteiger partial charge in [0.15, 0.2) is 0 Å².